The Hall–Kier alpha value is -2.43. The number of carbonyl (C=O) groups is 1. The molecule has 1 N–H and O–H groups in total. The molecule has 0 aromatic heterocycles. The summed E-state index contributed by atoms with van der Waals surface area (Å²) in [5, 5.41) is 10.6. The Bertz CT molecular complexity index is 1200. The van der Waals surface area contributed by atoms with Gasteiger partial charge < -0.3 is 28.8 Å². The molecule has 218 valence electrons. The van der Waals surface area contributed by atoms with Crippen molar-refractivity contribution in [1.29, 1.82) is 0 Å². The predicted molar refractivity (Wildman–Crippen MR) is 158 cm³/mol. The van der Waals surface area contributed by atoms with Crippen molar-refractivity contribution in [3.8, 4) is 28.7 Å². The maximum absolute atomic E-state index is 13.3. The third kappa shape index (κ3) is 5.42. The number of hydrogen-bond donors (Lipinski definition) is 1. The van der Waals surface area contributed by atoms with Crippen LogP contribution in [0.3, 0.4) is 0 Å². The van der Waals surface area contributed by atoms with Gasteiger partial charge in [-0.2, -0.15) is 0 Å². The van der Waals surface area contributed by atoms with Crippen LogP contribution in [0.5, 0.6) is 28.7 Å². The topological polar surface area (TPSA) is 86.7 Å². The molecular formula is C30H39NO7S2. The average Bonchev–Trinajstić information content (AvgIpc) is 3.55. The van der Waals surface area contributed by atoms with Crippen LogP contribution in [-0.4, -0.2) is 68.0 Å². The summed E-state index contributed by atoms with van der Waals surface area (Å²) in [6, 6.07) is 8.70. The molecule has 1 saturated heterocycles. The Morgan fingerprint density at radius 1 is 0.975 bits per heavy atom. The summed E-state index contributed by atoms with van der Waals surface area (Å²) in [6.07, 6.45) is 1.09. The van der Waals surface area contributed by atoms with Gasteiger partial charge >= 0.3 is 5.97 Å². The molecule has 0 saturated carbocycles. The summed E-state index contributed by atoms with van der Waals surface area (Å²) >= 11 is 0. The molecule has 0 bridgehead atoms. The Kier molecular flexibility index (Phi) is 8.87. The average molecular weight is 590 g/mol. The van der Waals surface area contributed by atoms with Gasteiger partial charge in [-0.05, 0) is 81.6 Å². The highest BCUT2D eigenvalue weighted by molar-refractivity contribution is 8.76. The molecule has 2 heterocycles. The Morgan fingerprint density at radius 3 is 2.20 bits per heavy atom. The highest BCUT2D eigenvalue weighted by Crippen LogP contribution is 2.60. The first-order valence-electron chi connectivity index (χ1n) is 13.8. The molecule has 0 amide bonds. The molecule has 2 aromatic carbocycles. The van der Waals surface area contributed by atoms with Crippen molar-refractivity contribution in [2.45, 2.75) is 57.4 Å². The van der Waals surface area contributed by atoms with E-state index in [0.29, 0.717) is 35.9 Å². The molecular weight excluding hydrogens is 550 g/mol. The number of methoxy groups -OCH3 is 2. The van der Waals surface area contributed by atoms with Crippen molar-refractivity contribution < 1.29 is 33.6 Å². The number of rotatable bonds is 11. The fraction of sp³-hybridized carbons (Fsp3) is 0.567. The second-order valence-corrected chi connectivity index (χ2v) is 13.7. The van der Waals surface area contributed by atoms with Crippen LogP contribution in [0.1, 0.15) is 62.0 Å². The first-order chi connectivity index (χ1) is 19.2. The van der Waals surface area contributed by atoms with Crippen LogP contribution in [0.25, 0.3) is 0 Å². The van der Waals surface area contributed by atoms with Gasteiger partial charge in [0.1, 0.15) is 0 Å². The maximum Gasteiger partial charge on any atom is 0.310 e. The van der Waals surface area contributed by atoms with Crippen LogP contribution in [0.15, 0.2) is 24.3 Å². The number of ether oxygens (including phenoxy) is 5. The fourth-order valence-electron chi connectivity index (χ4n) is 6.27. The number of carbonyl (C=O) groups excluding carboxylic acids is 1. The van der Waals surface area contributed by atoms with E-state index in [2.05, 4.69) is 38.7 Å². The number of phenols is 1. The van der Waals surface area contributed by atoms with Gasteiger partial charge in [-0.25, -0.2) is 0 Å². The van der Waals surface area contributed by atoms with E-state index >= 15 is 0 Å². The lowest BCUT2D eigenvalue weighted by Gasteiger charge is -2.38. The van der Waals surface area contributed by atoms with E-state index in [1.54, 1.807) is 12.1 Å². The lowest BCUT2D eigenvalue weighted by molar-refractivity contribution is -0.141. The quantitative estimate of drug-likeness (QED) is 0.191. The number of cyclic esters (lactones) is 1. The van der Waals surface area contributed by atoms with Crippen LogP contribution in [0.2, 0.25) is 0 Å². The Balaban J connectivity index is 1.48. The van der Waals surface area contributed by atoms with Gasteiger partial charge in [0.25, 0.3) is 0 Å². The number of esters is 1. The molecule has 5 rings (SSSR count). The zero-order valence-electron chi connectivity index (χ0n) is 24.0. The minimum atomic E-state index is -0.387. The summed E-state index contributed by atoms with van der Waals surface area (Å²) < 4.78 is 28.2. The van der Waals surface area contributed by atoms with Crippen molar-refractivity contribution in [2.24, 2.45) is 11.8 Å². The fourth-order valence-corrected chi connectivity index (χ4v) is 9.28. The molecule has 1 aliphatic carbocycles. The van der Waals surface area contributed by atoms with Gasteiger partial charge in [0.15, 0.2) is 23.0 Å². The number of fused-ring (bicyclic) bond motifs is 3. The molecule has 3 aliphatic rings. The molecule has 8 nitrogen and oxygen atoms in total. The van der Waals surface area contributed by atoms with Crippen LogP contribution in [-0.2, 0) is 9.53 Å². The summed E-state index contributed by atoms with van der Waals surface area (Å²) in [7, 11) is 6.70. The predicted octanol–water partition coefficient (Wildman–Crippen LogP) is 6.00. The number of phenolic OH excluding ortho intramolecular Hbond substituents is 1. The lowest BCUT2D eigenvalue weighted by Crippen LogP contribution is -2.37. The molecule has 0 spiro atoms. The zero-order valence-corrected chi connectivity index (χ0v) is 25.6. The molecule has 4 atom stereocenters. The molecule has 2 aromatic rings. The van der Waals surface area contributed by atoms with Gasteiger partial charge in [-0.3, -0.25) is 9.69 Å². The minimum absolute atomic E-state index is 0.0171. The van der Waals surface area contributed by atoms with E-state index in [-0.39, 0.29) is 41.5 Å². The van der Waals surface area contributed by atoms with Crippen molar-refractivity contribution in [3.63, 3.8) is 0 Å². The van der Waals surface area contributed by atoms with Crippen molar-refractivity contribution in [3.05, 3.63) is 41.0 Å². The van der Waals surface area contributed by atoms with Gasteiger partial charge in [-0.1, -0.05) is 21.6 Å². The normalized spacial score (nSPS) is 23.0. The standard InChI is InChI=1S/C30H39NO7S2/c1-16(2)31(17(3)4)8-7-9-39-40-29-20-13-23-22(37-15-38-23)12-19(20)26(27-21(29)14-36-30(27)33)18-10-24(34-5)28(32)25(11-18)35-6/h10-13,16-17,21,26-27,29,32H,7-9,14-15H2,1-6H3/t21-,26+,27-,29+/m0/s1. The third-order valence-electron chi connectivity index (χ3n) is 8.12. The highest BCUT2D eigenvalue weighted by atomic mass is 33.1. The van der Waals surface area contributed by atoms with Gasteiger partial charge in [0.05, 0.1) is 26.7 Å². The van der Waals surface area contributed by atoms with Crippen molar-refractivity contribution in [2.75, 3.05) is 39.9 Å². The van der Waals surface area contributed by atoms with Crippen LogP contribution in [0, 0.1) is 11.8 Å². The molecule has 1 fully saturated rings. The van der Waals surface area contributed by atoms with Crippen LogP contribution < -0.4 is 18.9 Å². The second-order valence-electron chi connectivity index (χ2n) is 11.0. The largest absolute Gasteiger partial charge is 0.502 e. The Labute approximate surface area is 244 Å². The molecule has 0 radical (unpaired) electrons. The van der Waals surface area contributed by atoms with E-state index in [4.69, 9.17) is 23.7 Å². The van der Waals surface area contributed by atoms with Crippen molar-refractivity contribution in [1.82, 2.24) is 4.90 Å². The highest BCUT2D eigenvalue weighted by Gasteiger charge is 2.53. The second kappa shape index (κ2) is 12.2. The number of aromatic hydroxyl groups is 1. The number of benzene rings is 2. The van der Waals surface area contributed by atoms with Crippen LogP contribution >= 0.6 is 21.6 Å². The monoisotopic (exact) mass is 589 g/mol. The zero-order chi connectivity index (χ0) is 28.6. The summed E-state index contributed by atoms with van der Waals surface area (Å²) in [5.74, 6) is 2.00. The van der Waals surface area contributed by atoms with Gasteiger partial charge in [-0.15, -0.1) is 0 Å². The third-order valence-corrected chi connectivity index (χ3v) is 11.1. The SMILES string of the molecule is COc1cc([C@@H]2c3cc4c(cc3[C@@H](SSCCCN(C(C)C)C(C)C)[C@H]3COC(=O)[C@H]23)OCO4)cc(OC)c1O. The number of hydrogen-bond acceptors (Lipinski definition) is 10. The first-order valence-corrected chi connectivity index (χ1v) is 16.2. The van der Waals surface area contributed by atoms with E-state index in [9.17, 15) is 9.90 Å². The number of nitrogens with zero attached hydrogens (tertiary/aromatic N) is 1. The lowest BCUT2D eigenvalue weighted by atomic mass is 9.67. The molecule has 10 heteroatoms. The maximum atomic E-state index is 13.3. The van der Waals surface area contributed by atoms with Crippen LogP contribution in [0.4, 0.5) is 0 Å². The molecule has 40 heavy (non-hydrogen) atoms. The van der Waals surface area contributed by atoms with E-state index in [0.717, 1.165) is 41.2 Å². The molecule has 2 aliphatic heterocycles. The van der Waals surface area contributed by atoms with E-state index in [1.165, 1.54) is 14.2 Å². The minimum Gasteiger partial charge on any atom is -0.502 e. The Morgan fingerprint density at radius 2 is 1.60 bits per heavy atom. The first kappa shape index (κ1) is 29.1. The summed E-state index contributed by atoms with van der Waals surface area (Å²) in [4.78, 5) is 15.8. The molecule has 0 unspecified atom stereocenters. The van der Waals surface area contributed by atoms with Crippen molar-refractivity contribution >= 4 is 27.6 Å². The van der Waals surface area contributed by atoms with E-state index in [1.807, 2.05) is 27.7 Å². The van der Waals surface area contributed by atoms with Gasteiger partial charge in [0, 0.05) is 34.9 Å². The van der Waals surface area contributed by atoms with E-state index < -0.39 is 0 Å². The van der Waals surface area contributed by atoms with Gasteiger partial charge in [0.2, 0.25) is 12.5 Å². The summed E-state index contributed by atoms with van der Waals surface area (Å²) in [6.45, 7) is 10.6. The summed E-state index contributed by atoms with van der Waals surface area (Å²) in [5.41, 5.74) is 2.95. The smallest absolute Gasteiger partial charge is 0.310 e.